The summed E-state index contributed by atoms with van der Waals surface area (Å²) in [6.07, 6.45) is 0.219. The van der Waals surface area contributed by atoms with Gasteiger partial charge in [0.25, 0.3) is 0 Å². The first-order chi connectivity index (χ1) is 15.7. The second kappa shape index (κ2) is 8.83. The number of aryl methyl sites for hydroxylation is 1. The lowest BCUT2D eigenvalue weighted by Crippen LogP contribution is -2.54. The van der Waals surface area contributed by atoms with Crippen LogP contribution in [0.5, 0.6) is 0 Å². The first-order valence-electron chi connectivity index (χ1n) is 9.68. The Hall–Kier alpha value is -3.44. The van der Waals surface area contributed by atoms with Crippen LogP contribution in [0.15, 0.2) is 28.9 Å². The molecule has 1 radical (unpaired) electrons. The van der Waals surface area contributed by atoms with Gasteiger partial charge >= 0.3 is 0 Å². The van der Waals surface area contributed by atoms with Crippen molar-refractivity contribution in [2.24, 2.45) is 5.73 Å². The highest BCUT2D eigenvalue weighted by molar-refractivity contribution is 6.31. The molecule has 1 unspecified atom stereocenters. The molecule has 4 rings (SSSR count). The second-order valence-corrected chi connectivity index (χ2v) is 7.79. The van der Waals surface area contributed by atoms with Gasteiger partial charge in [0, 0.05) is 23.7 Å². The van der Waals surface area contributed by atoms with Gasteiger partial charge in [-0.2, -0.15) is 4.98 Å². The van der Waals surface area contributed by atoms with Crippen LogP contribution >= 0.6 is 11.6 Å². The van der Waals surface area contributed by atoms with Crippen molar-refractivity contribution in [3.8, 4) is 22.5 Å². The average Bonchev–Trinajstić information content (AvgIpc) is 3.11. The molecule has 0 bridgehead atoms. The Labute approximate surface area is 191 Å². The van der Waals surface area contributed by atoms with Gasteiger partial charge in [-0.05, 0) is 30.7 Å². The van der Waals surface area contributed by atoms with E-state index in [1.54, 1.807) is 6.92 Å². The van der Waals surface area contributed by atoms with Crippen molar-refractivity contribution >= 4 is 23.4 Å². The number of carbonyl (C=O) groups is 2. The van der Waals surface area contributed by atoms with E-state index >= 15 is 0 Å². The highest BCUT2D eigenvalue weighted by Gasteiger charge is 2.43. The number of nitrogens with two attached hydrogens (primary N) is 1. The molecule has 9 nitrogen and oxygen atoms in total. The third-order valence-electron chi connectivity index (χ3n) is 5.02. The fourth-order valence-electron chi connectivity index (χ4n) is 3.39. The SMILES string of the molecule is Cc1nc(-c2c(F)cc(Cl)cc2-c2cnc([C@@H](C)NC(=O)[C]3COC3C(N)=O)c(F)c2)no1. The summed E-state index contributed by atoms with van der Waals surface area (Å²) in [5.41, 5.74) is 5.49. The van der Waals surface area contributed by atoms with Crippen LogP contribution in [0.3, 0.4) is 0 Å². The zero-order valence-electron chi connectivity index (χ0n) is 17.4. The fourth-order valence-corrected chi connectivity index (χ4v) is 3.59. The van der Waals surface area contributed by atoms with E-state index in [9.17, 15) is 18.4 Å². The molecule has 12 heteroatoms. The fraction of sp³-hybridized carbons (Fsp3) is 0.238. The Bertz CT molecular complexity index is 1250. The van der Waals surface area contributed by atoms with Crippen LogP contribution in [0.25, 0.3) is 22.5 Å². The van der Waals surface area contributed by atoms with Crippen LogP contribution in [0.4, 0.5) is 8.78 Å². The standard InChI is InChI=1S/C21H17ClF2N5O4/c1-8(27-21(31)13-7-32-18(13)19(25)30)17-15(24)3-10(6-26-17)12-4-11(22)5-14(23)16(12)20-28-9(2)33-29-20/h3-6,8,18H,7H2,1-2H3,(H2,25,30)(H,27,31)/t8-,18?/m1/s1. The molecular formula is C21H17ClF2N5O4. The number of rotatable bonds is 6. The van der Waals surface area contributed by atoms with Crippen LogP contribution in [0.2, 0.25) is 5.02 Å². The molecular weight excluding hydrogens is 460 g/mol. The summed E-state index contributed by atoms with van der Waals surface area (Å²) in [5.74, 6) is -2.48. The van der Waals surface area contributed by atoms with Crippen LogP contribution < -0.4 is 11.1 Å². The second-order valence-electron chi connectivity index (χ2n) is 7.35. The molecule has 1 aliphatic heterocycles. The number of benzene rings is 1. The zero-order chi connectivity index (χ0) is 23.9. The molecule has 0 aliphatic carbocycles. The maximum absolute atomic E-state index is 15.0. The van der Waals surface area contributed by atoms with E-state index in [4.69, 9.17) is 26.6 Å². The molecule has 1 saturated heterocycles. The number of hydrogen-bond donors (Lipinski definition) is 2. The van der Waals surface area contributed by atoms with Crippen LogP contribution in [-0.4, -0.2) is 39.6 Å². The normalized spacial score (nSPS) is 16.8. The van der Waals surface area contributed by atoms with Gasteiger partial charge in [0.1, 0.15) is 17.6 Å². The Morgan fingerprint density at radius 2 is 2.03 bits per heavy atom. The summed E-state index contributed by atoms with van der Waals surface area (Å²) in [7, 11) is 0. The smallest absolute Gasteiger partial charge is 0.247 e. The van der Waals surface area contributed by atoms with Gasteiger partial charge in [-0.15, -0.1) is 0 Å². The van der Waals surface area contributed by atoms with Crippen molar-refractivity contribution in [2.75, 3.05) is 6.61 Å². The molecule has 1 fully saturated rings. The van der Waals surface area contributed by atoms with Crippen LogP contribution in [0, 0.1) is 24.5 Å². The maximum atomic E-state index is 15.0. The van der Waals surface area contributed by atoms with E-state index in [2.05, 4.69) is 20.4 Å². The van der Waals surface area contributed by atoms with Crippen LogP contribution in [0.1, 0.15) is 24.6 Å². The van der Waals surface area contributed by atoms with E-state index in [1.165, 1.54) is 19.2 Å². The average molecular weight is 477 g/mol. The molecule has 0 spiro atoms. The molecule has 3 heterocycles. The first kappa shape index (κ1) is 22.7. The predicted octanol–water partition coefficient (Wildman–Crippen LogP) is 2.67. The van der Waals surface area contributed by atoms with Gasteiger partial charge in [0.05, 0.1) is 23.9 Å². The Balaban J connectivity index is 1.62. The largest absolute Gasteiger partial charge is 0.367 e. The molecule has 2 amide bonds. The lowest BCUT2D eigenvalue weighted by molar-refractivity contribution is -0.144. The van der Waals surface area contributed by atoms with E-state index < -0.39 is 35.6 Å². The Kier molecular flexibility index (Phi) is 6.09. The molecule has 171 valence electrons. The molecule has 2 aromatic heterocycles. The minimum absolute atomic E-state index is 0.0227. The molecule has 3 N–H and O–H groups in total. The molecule has 2 atom stereocenters. The van der Waals surface area contributed by atoms with Gasteiger partial charge in [-0.3, -0.25) is 14.6 Å². The van der Waals surface area contributed by atoms with Crippen molar-refractivity contribution in [1.82, 2.24) is 20.4 Å². The molecule has 33 heavy (non-hydrogen) atoms. The van der Waals surface area contributed by atoms with Crippen molar-refractivity contribution < 1.29 is 27.6 Å². The van der Waals surface area contributed by atoms with Crippen molar-refractivity contribution in [3.05, 3.63) is 58.6 Å². The third kappa shape index (κ3) is 4.41. The number of aromatic nitrogens is 3. The number of primary amides is 1. The minimum atomic E-state index is -1.10. The number of hydrogen-bond acceptors (Lipinski definition) is 7. The lowest BCUT2D eigenvalue weighted by atomic mass is 9.95. The number of nitrogens with zero attached hydrogens (tertiary/aromatic N) is 3. The number of nitrogens with one attached hydrogen (secondary N) is 1. The van der Waals surface area contributed by atoms with Crippen LogP contribution in [-0.2, 0) is 14.3 Å². The summed E-state index contributed by atoms with van der Waals surface area (Å²) in [6, 6.07) is 2.81. The quantitative estimate of drug-likeness (QED) is 0.558. The van der Waals surface area contributed by atoms with Gasteiger partial charge in [0.2, 0.25) is 23.5 Å². The van der Waals surface area contributed by atoms with Crippen molar-refractivity contribution in [2.45, 2.75) is 26.0 Å². The van der Waals surface area contributed by atoms with E-state index in [-0.39, 0.29) is 51.6 Å². The van der Waals surface area contributed by atoms with Gasteiger partial charge < -0.3 is 20.3 Å². The van der Waals surface area contributed by atoms with Crippen molar-refractivity contribution in [3.63, 3.8) is 0 Å². The van der Waals surface area contributed by atoms with E-state index in [0.29, 0.717) is 0 Å². The summed E-state index contributed by atoms with van der Waals surface area (Å²) in [6.45, 7) is 3.03. The molecule has 1 aromatic carbocycles. The summed E-state index contributed by atoms with van der Waals surface area (Å²) < 4.78 is 39.6. The number of carbonyl (C=O) groups excluding carboxylic acids is 2. The summed E-state index contributed by atoms with van der Waals surface area (Å²) in [4.78, 5) is 31.7. The first-order valence-corrected chi connectivity index (χ1v) is 10.1. The topological polar surface area (TPSA) is 133 Å². The summed E-state index contributed by atoms with van der Waals surface area (Å²) in [5, 5.41) is 6.38. The van der Waals surface area contributed by atoms with Crippen molar-refractivity contribution in [1.29, 1.82) is 0 Å². The Morgan fingerprint density at radius 1 is 1.27 bits per heavy atom. The Morgan fingerprint density at radius 3 is 2.61 bits per heavy atom. The maximum Gasteiger partial charge on any atom is 0.247 e. The van der Waals surface area contributed by atoms with Gasteiger partial charge in [0.15, 0.2) is 6.10 Å². The zero-order valence-corrected chi connectivity index (χ0v) is 18.1. The molecule has 0 saturated carbocycles. The predicted molar refractivity (Wildman–Crippen MR) is 111 cm³/mol. The molecule has 3 aromatic rings. The molecule has 1 aliphatic rings. The number of amides is 2. The number of pyridine rings is 1. The van der Waals surface area contributed by atoms with Gasteiger partial charge in [-0.25, -0.2) is 8.78 Å². The highest BCUT2D eigenvalue weighted by atomic mass is 35.5. The summed E-state index contributed by atoms with van der Waals surface area (Å²) >= 11 is 6.02. The lowest BCUT2D eigenvalue weighted by Gasteiger charge is -2.33. The highest BCUT2D eigenvalue weighted by Crippen LogP contribution is 2.36. The number of halogens is 3. The monoisotopic (exact) mass is 476 g/mol. The van der Waals surface area contributed by atoms with E-state index in [0.717, 1.165) is 12.1 Å². The third-order valence-corrected chi connectivity index (χ3v) is 5.23. The van der Waals surface area contributed by atoms with E-state index in [1.807, 2.05) is 0 Å². The van der Waals surface area contributed by atoms with Gasteiger partial charge in [-0.1, -0.05) is 16.8 Å². The minimum Gasteiger partial charge on any atom is -0.367 e. The number of ether oxygens (including phenoxy) is 1.